The first-order valence-electron chi connectivity index (χ1n) is 8.83. The molecular formula is C18H25FN2O3S. The molecular weight excluding hydrogens is 343 g/mol. The third kappa shape index (κ3) is 4.58. The summed E-state index contributed by atoms with van der Waals surface area (Å²) in [5.41, 5.74) is 0.895. The largest absolute Gasteiger partial charge is 0.351 e. The van der Waals surface area contributed by atoms with Gasteiger partial charge in [0.15, 0.2) is 9.84 Å². The molecule has 2 fully saturated rings. The van der Waals surface area contributed by atoms with E-state index in [4.69, 9.17) is 0 Å². The second kappa shape index (κ2) is 7.41. The zero-order valence-electron chi connectivity index (χ0n) is 14.4. The molecule has 0 aromatic heterocycles. The van der Waals surface area contributed by atoms with E-state index in [0.717, 1.165) is 31.5 Å². The molecule has 1 N–H and O–H groups in total. The molecule has 2 heterocycles. The number of rotatable bonds is 5. The Kier molecular flexibility index (Phi) is 5.43. The van der Waals surface area contributed by atoms with Gasteiger partial charge in [-0.3, -0.25) is 9.69 Å². The van der Waals surface area contributed by atoms with E-state index in [2.05, 4.69) is 10.2 Å². The Labute approximate surface area is 148 Å². The molecule has 2 aliphatic heterocycles. The van der Waals surface area contributed by atoms with E-state index in [9.17, 15) is 17.6 Å². The lowest BCUT2D eigenvalue weighted by molar-refractivity contribution is -0.122. The smallest absolute Gasteiger partial charge is 0.220 e. The van der Waals surface area contributed by atoms with Crippen molar-refractivity contribution < 1.29 is 17.6 Å². The highest BCUT2D eigenvalue weighted by Crippen LogP contribution is 2.24. The van der Waals surface area contributed by atoms with Crippen LogP contribution in [0.5, 0.6) is 0 Å². The van der Waals surface area contributed by atoms with Gasteiger partial charge in [-0.15, -0.1) is 0 Å². The molecule has 0 radical (unpaired) electrons. The van der Waals surface area contributed by atoms with Crippen molar-refractivity contribution in [1.82, 2.24) is 10.2 Å². The fourth-order valence-electron chi connectivity index (χ4n) is 3.85. The van der Waals surface area contributed by atoms with Crippen LogP contribution in [0, 0.1) is 5.82 Å². The highest BCUT2D eigenvalue weighted by Gasteiger charge is 2.42. The summed E-state index contributed by atoms with van der Waals surface area (Å²) < 4.78 is 37.1. The van der Waals surface area contributed by atoms with Crippen LogP contribution in [0.25, 0.3) is 0 Å². The van der Waals surface area contributed by atoms with E-state index in [1.54, 1.807) is 12.1 Å². The number of carbonyl (C=O) groups excluding carboxylic acids is 1. The molecule has 7 heteroatoms. The number of carbonyl (C=O) groups is 1. The first kappa shape index (κ1) is 18.3. The molecule has 0 bridgehead atoms. The first-order chi connectivity index (χ1) is 11.8. The molecule has 138 valence electrons. The summed E-state index contributed by atoms with van der Waals surface area (Å²) in [6.45, 7) is 3.72. The minimum atomic E-state index is -3.11. The topological polar surface area (TPSA) is 66.5 Å². The van der Waals surface area contributed by atoms with Crippen LogP contribution in [0.3, 0.4) is 0 Å². The van der Waals surface area contributed by atoms with Crippen molar-refractivity contribution in [2.45, 2.75) is 44.2 Å². The van der Waals surface area contributed by atoms with Crippen molar-refractivity contribution in [3.63, 3.8) is 0 Å². The second-order valence-electron chi connectivity index (χ2n) is 7.22. The summed E-state index contributed by atoms with van der Waals surface area (Å²) in [5, 5.41) is 2.94. The number of hydrogen-bond acceptors (Lipinski definition) is 4. The number of hydrogen-bond donors (Lipinski definition) is 1. The number of likely N-dealkylation sites (tertiary alicyclic amines) is 1. The van der Waals surface area contributed by atoms with Gasteiger partial charge in [0.2, 0.25) is 5.91 Å². The Morgan fingerprint density at radius 1 is 1.24 bits per heavy atom. The third-order valence-corrected chi connectivity index (χ3v) is 6.93. The van der Waals surface area contributed by atoms with Gasteiger partial charge in [0.05, 0.1) is 17.5 Å². The lowest BCUT2D eigenvalue weighted by atomic mass is 9.97. The Morgan fingerprint density at radius 2 is 1.88 bits per heavy atom. The molecule has 1 amide bonds. The zero-order valence-corrected chi connectivity index (χ0v) is 15.3. The fourth-order valence-corrected chi connectivity index (χ4v) is 5.81. The zero-order chi connectivity index (χ0) is 18.0. The van der Waals surface area contributed by atoms with Crippen molar-refractivity contribution in [3.05, 3.63) is 35.6 Å². The molecule has 0 aliphatic carbocycles. The summed E-state index contributed by atoms with van der Waals surface area (Å²) in [6, 6.07) is 5.68. The molecule has 5 nitrogen and oxygen atoms in total. The molecule has 0 spiro atoms. The molecule has 3 rings (SSSR count). The number of halogens is 1. The van der Waals surface area contributed by atoms with Gasteiger partial charge in [-0.05, 0) is 49.5 Å². The number of nitrogens with one attached hydrogen (secondary N) is 1. The van der Waals surface area contributed by atoms with Crippen LogP contribution < -0.4 is 5.32 Å². The van der Waals surface area contributed by atoms with Crippen molar-refractivity contribution >= 4 is 15.7 Å². The van der Waals surface area contributed by atoms with Crippen molar-refractivity contribution in [2.24, 2.45) is 0 Å². The van der Waals surface area contributed by atoms with Gasteiger partial charge in [-0.25, -0.2) is 12.8 Å². The van der Waals surface area contributed by atoms with Crippen molar-refractivity contribution in [1.29, 1.82) is 0 Å². The Morgan fingerprint density at radius 3 is 2.52 bits per heavy atom. The van der Waals surface area contributed by atoms with Gasteiger partial charge in [0.25, 0.3) is 0 Å². The third-order valence-electron chi connectivity index (χ3n) is 5.21. The van der Waals surface area contributed by atoms with Gasteiger partial charge in [0, 0.05) is 12.5 Å². The molecule has 3 atom stereocenters. The number of benzene rings is 1. The summed E-state index contributed by atoms with van der Waals surface area (Å²) in [4.78, 5) is 14.6. The normalized spacial score (nSPS) is 27.3. The van der Waals surface area contributed by atoms with Crippen LogP contribution in [0.4, 0.5) is 4.39 Å². The van der Waals surface area contributed by atoms with E-state index in [1.165, 1.54) is 12.1 Å². The van der Waals surface area contributed by atoms with E-state index in [0.29, 0.717) is 0 Å². The SMILES string of the molecule is CC(CC(=O)NC1CS(=O)(=O)CC1N1CCCC1)c1ccc(F)cc1. The van der Waals surface area contributed by atoms with Crippen LogP contribution >= 0.6 is 0 Å². The van der Waals surface area contributed by atoms with Gasteiger partial charge in [-0.2, -0.15) is 0 Å². The standard InChI is InChI=1S/C18H25FN2O3S/c1-13(14-4-6-15(19)7-5-14)10-18(22)20-16-11-25(23,24)12-17(16)21-8-2-3-9-21/h4-7,13,16-17H,2-3,8-12H2,1H3,(H,20,22). The predicted octanol–water partition coefficient (Wildman–Crippen LogP) is 1.70. The summed E-state index contributed by atoms with van der Waals surface area (Å²) in [7, 11) is -3.11. The van der Waals surface area contributed by atoms with Crippen molar-refractivity contribution in [3.8, 4) is 0 Å². The minimum absolute atomic E-state index is 0.0187. The maximum atomic E-state index is 13.0. The quantitative estimate of drug-likeness (QED) is 0.859. The molecule has 25 heavy (non-hydrogen) atoms. The monoisotopic (exact) mass is 368 g/mol. The molecule has 2 saturated heterocycles. The maximum Gasteiger partial charge on any atom is 0.220 e. The number of nitrogens with zero attached hydrogens (tertiary/aromatic N) is 1. The van der Waals surface area contributed by atoms with Crippen LogP contribution in [0.15, 0.2) is 24.3 Å². The van der Waals surface area contributed by atoms with E-state index in [1.807, 2.05) is 6.92 Å². The second-order valence-corrected chi connectivity index (χ2v) is 9.37. The van der Waals surface area contributed by atoms with Crippen LogP contribution in [0.2, 0.25) is 0 Å². The van der Waals surface area contributed by atoms with Crippen LogP contribution in [0.1, 0.15) is 37.7 Å². The lowest BCUT2D eigenvalue weighted by Crippen LogP contribution is -2.50. The Hall–Kier alpha value is -1.47. The highest BCUT2D eigenvalue weighted by atomic mass is 32.2. The van der Waals surface area contributed by atoms with E-state index in [-0.39, 0.29) is 47.7 Å². The first-order valence-corrected chi connectivity index (χ1v) is 10.7. The number of sulfone groups is 1. The average molecular weight is 368 g/mol. The van der Waals surface area contributed by atoms with Gasteiger partial charge < -0.3 is 5.32 Å². The Balaban J connectivity index is 1.61. The highest BCUT2D eigenvalue weighted by molar-refractivity contribution is 7.91. The molecule has 3 unspecified atom stereocenters. The molecule has 0 saturated carbocycles. The average Bonchev–Trinajstić information content (AvgIpc) is 3.15. The van der Waals surface area contributed by atoms with Gasteiger partial charge in [0.1, 0.15) is 5.82 Å². The predicted molar refractivity (Wildman–Crippen MR) is 94.6 cm³/mol. The van der Waals surface area contributed by atoms with E-state index < -0.39 is 9.84 Å². The minimum Gasteiger partial charge on any atom is -0.351 e. The number of amides is 1. The van der Waals surface area contributed by atoms with Crippen LogP contribution in [-0.4, -0.2) is 55.9 Å². The summed E-state index contributed by atoms with van der Waals surface area (Å²) >= 11 is 0. The van der Waals surface area contributed by atoms with Crippen LogP contribution in [-0.2, 0) is 14.6 Å². The maximum absolute atomic E-state index is 13.0. The summed E-state index contributed by atoms with van der Waals surface area (Å²) in [6.07, 6.45) is 2.42. The van der Waals surface area contributed by atoms with Gasteiger partial charge >= 0.3 is 0 Å². The molecule has 1 aromatic carbocycles. The van der Waals surface area contributed by atoms with Gasteiger partial charge in [-0.1, -0.05) is 19.1 Å². The van der Waals surface area contributed by atoms with E-state index >= 15 is 0 Å². The fraction of sp³-hybridized carbons (Fsp3) is 0.611. The van der Waals surface area contributed by atoms with Crippen molar-refractivity contribution in [2.75, 3.05) is 24.6 Å². The molecule has 1 aromatic rings. The summed E-state index contributed by atoms with van der Waals surface area (Å²) in [5.74, 6) is -0.354. The lowest BCUT2D eigenvalue weighted by Gasteiger charge is -2.28. The Bertz CT molecular complexity index is 714. The molecule has 2 aliphatic rings.